The van der Waals surface area contributed by atoms with Crippen LogP contribution in [0, 0.1) is 6.92 Å². The molecule has 0 atom stereocenters. The molecule has 0 aliphatic carbocycles. The Balaban J connectivity index is 2.48. The van der Waals surface area contributed by atoms with Crippen molar-refractivity contribution in [3.8, 4) is 5.82 Å². The number of hydrazine groups is 1. The fourth-order valence-corrected chi connectivity index (χ4v) is 1.15. The van der Waals surface area contributed by atoms with Crippen LogP contribution in [-0.2, 0) is 0 Å². The zero-order valence-corrected chi connectivity index (χ0v) is 7.68. The zero-order chi connectivity index (χ0) is 9.97. The number of nitrogens with one attached hydrogen (secondary N) is 1. The molecule has 0 spiro atoms. The fraction of sp³-hybridized carbons (Fsp3) is 0.125. The third-order valence-electron chi connectivity index (χ3n) is 1.71. The van der Waals surface area contributed by atoms with Gasteiger partial charge in [-0.1, -0.05) is 0 Å². The van der Waals surface area contributed by atoms with Gasteiger partial charge in [-0.05, 0) is 13.0 Å². The highest BCUT2D eigenvalue weighted by atomic mass is 15.3. The maximum absolute atomic E-state index is 5.27. The van der Waals surface area contributed by atoms with E-state index >= 15 is 0 Å². The molecular formula is C8H10N6. The Morgan fingerprint density at radius 1 is 1.43 bits per heavy atom. The average Bonchev–Trinajstić information content (AvgIpc) is 2.69. The molecule has 6 nitrogen and oxygen atoms in total. The van der Waals surface area contributed by atoms with Crippen LogP contribution in [0.25, 0.3) is 5.82 Å². The minimum Gasteiger partial charge on any atom is -0.308 e. The van der Waals surface area contributed by atoms with E-state index in [1.165, 1.54) is 0 Å². The van der Waals surface area contributed by atoms with Crippen molar-refractivity contribution in [2.45, 2.75) is 6.92 Å². The molecule has 2 aromatic heterocycles. The Morgan fingerprint density at radius 2 is 2.29 bits per heavy atom. The number of rotatable bonds is 2. The predicted octanol–water partition coefficient (Wildman–Crippen LogP) is 0.256. The lowest BCUT2D eigenvalue weighted by Gasteiger charge is -2.04. The Kier molecular flexibility index (Phi) is 2.11. The van der Waals surface area contributed by atoms with Gasteiger partial charge in [0.2, 0.25) is 0 Å². The zero-order valence-electron chi connectivity index (χ0n) is 7.68. The molecule has 2 heterocycles. The summed E-state index contributed by atoms with van der Waals surface area (Å²) >= 11 is 0. The summed E-state index contributed by atoms with van der Waals surface area (Å²) in [5.41, 5.74) is 2.48. The van der Waals surface area contributed by atoms with Crippen molar-refractivity contribution in [1.29, 1.82) is 0 Å². The summed E-state index contributed by atoms with van der Waals surface area (Å²) in [7, 11) is 0. The second kappa shape index (κ2) is 3.43. The van der Waals surface area contributed by atoms with Gasteiger partial charge < -0.3 is 5.43 Å². The molecule has 0 saturated carbocycles. The standard InChI is InChI=1S/C8H10N6/c1-6-11-7(13-9)5-8(12-6)14-4-2-3-10-14/h2-5H,9H2,1H3,(H,11,12,13). The minimum absolute atomic E-state index is 0.572. The topological polar surface area (TPSA) is 81.6 Å². The molecule has 14 heavy (non-hydrogen) atoms. The van der Waals surface area contributed by atoms with Gasteiger partial charge in [0.05, 0.1) is 0 Å². The molecular weight excluding hydrogens is 180 g/mol. The number of hydrogen-bond acceptors (Lipinski definition) is 5. The van der Waals surface area contributed by atoms with Crippen molar-refractivity contribution in [1.82, 2.24) is 19.7 Å². The van der Waals surface area contributed by atoms with E-state index < -0.39 is 0 Å². The molecule has 2 aromatic rings. The molecule has 3 N–H and O–H groups in total. The van der Waals surface area contributed by atoms with Gasteiger partial charge in [0.25, 0.3) is 0 Å². The summed E-state index contributed by atoms with van der Waals surface area (Å²) in [6.45, 7) is 1.80. The highest BCUT2D eigenvalue weighted by Gasteiger charge is 2.02. The molecule has 0 unspecified atom stereocenters. The Hall–Kier alpha value is -1.95. The second-order valence-corrected chi connectivity index (χ2v) is 2.75. The van der Waals surface area contributed by atoms with Crippen molar-refractivity contribution in [3.05, 3.63) is 30.4 Å². The molecule has 0 aliphatic rings. The van der Waals surface area contributed by atoms with E-state index in [-0.39, 0.29) is 0 Å². The van der Waals surface area contributed by atoms with E-state index in [2.05, 4.69) is 20.5 Å². The highest BCUT2D eigenvalue weighted by molar-refractivity contribution is 5.39. The van der Waals surface area contributed by atoms with Crippen molar-refractivity contribution in [2.75, 3.05) is 5.43 Å². The first kappa shape index (κ1) is 8.64. The fourth-order valence-electron chi connectivity index (χ4n) is 1.15. The molecule has 6 heteroatoms. The number of hydrogen-bond donors (Lipinski definition) is 2. The summed E-state index contributed by atoms with van der Waals surface area (Å²) in [4.78, 5) is 8.29. The average molecular weight is 190 g/mol. The SMILES string of the molecule is Cc1nc(NN)cc(-n2cccn2)n1. The van der Waals surface area contributed by atoms with E-state index in [1.807, 2.05) is 12.3 Å². The number of aromatic nitrogens is 4. The van der Waals surface area contributed by atoms with E-state index in [0.717, 1.165) is 0 Å². The summed E-state index contributed by atoms with van der Waals surface area (Å²) in [5.74, 6) is 7.18. The van der Waals surface area contributed by atoms with Crippen LogP contribution < -0.4 is 11.3 Å². The van der Waals surface area contributed by atoms with Crippen molar-refractivity contribution < 1.29 is 0 Å². The Labute approximate surface area is 80.8 Å². The van der Waals surface area contributed by atoms with Crippen LogP contribution in [-0.4, -0.2) is 19.7 Å². The Morgan fingerprint density at radius 3 is 2.93 bits per heavy atom. The number of nitrogens with zero attached hydrogens (tertiary/aromatic N) is 4. The number of nitrogens with two attached hydrogens (primary N) is 1. The van der Waals surface area contributed by atoms with Crippen LogP contribution in [0.4, 0.5) is 5.82 Å². The third-order valence-corrected chi connectivity index (χ3v) is 1.71. The first-order valence-corrected chi connectivity index (χ1v) is 4.12. The van der Waals surface area contributed by atoms with Crippen LogP contribution in [0.5, 0.6) is 0 Å². The number of aryl methyl sites for hydroxylation is 1. The largest absolute Gasteiger partial charge is 0.308 e. The lowest BCUT2D eigenvalue weighted by atomic mass is 10.5. The van der Waals surface area contributed by atoms with Crippen LogP contribution in [0.15, 0.2) is 24.5 Å². The third kappa shape index (κ3) is 1.55. The van der Waals surface area contributed by atoms with Gasteiger partial charge in [-0.2, -0.15) is 5.10 Å². The van der Waals surface area contributed by atoms with Gasteiger partial charge in [-0.25, -0.2) is 20.5 Å². The predicted molar refractivity (Wildman–Crippen MR) is 51.7 cm³/mol. The van der Waals surface area contributed by atoms with Crippen LogP contribution >= 0.6 is 0 Å². The Bertz CT molecular complexity index is 421. The van der Waals surface area contributed by atoms with Gasteiger partial charge in [0, 0.05) is 18.5 Å². The van der Waals surface area contributed by atoms with E-state index in [0.29, 0.717) is 17.5 Å². The van der Waals surface area contributed by atoms with Gasteiger partial charge in [0.15, 0.2) is 5.82 Å². The molecule has 0 saturated heterocycles. The van der Waals surface area contributed by atoms with Crippen LogP contribution in [0.3, 0.4) is 0 Å². The van der Waals surface area contributed by atoms with Crippen molar-refractivity contribution in [3.63, 3.8) is 0 Å². The van der Waals surface area contributed by atoms with E-state index in [9.17, 15) is 0 Å². The van der Waals surface area contributed by atoms with Crippen molar-refractivity contribution in [2.24, 2.45) is 5.84 Å². The summed E-state index contributed by atoms with van der Waals surface area (Å²) in [6, 6.07) is 3.55. The molecule has 0 bridgehead atoms. The number of anilines is 1. The maximum atomic E-state index is 5.27. The lowest BCUT2D eigenvalue weighted by Crippen LogP contribution is -2.11. The molecule has 0 amide bonds. The van der Waals surface area contributed by atoms with E-state index in [1.54, 1.807) is 23.9 Å². The smallest absolute Gasteiger partial charge is 0.159 e. The molecule has 0 fully saturated rings. The van der Waals surface area contributed by atoms with Crippen molar-refractivity contribution >= 4 is 5.82 Å². The highest BCUT2D eigenvalue weighted by Crippen LogP contribution is 2.08. The molecule has 2 rings (SSSR count). The first-order valence-electron chi connectivity index (χ1n) is 4.12. The molecule has 0 aliphatic heterocycles. The molecule has 0 radical (unpaired) electrons. The number of nitrogen functional groups attached to an aromatic ring is 1. The van der Waals surface area contributed by atoms with Crippen LogP contribution in [0.2, 0.25) is 0 Å². The quantitative estimate of drug-likeness (QED) is 0.524. The lowest BCUT2D eigenvalue weighted by molar-refractivity contribution is 0.828. The van der Waals surface area contributed by atoms with Gasteiger partial charge >= 0.3 is 0 Å². The summed E-state index contributed by atoms with van der Waals surface area (Å²) in [5, 5.41) is 4.06. The van der Waals surface area contributed by atoms with Gasteiger partial charge in [0.1, 0.15) is 11.6 Å². The maximum Gasteiger partial charge on any atom is 0.159 e. The molecule has 0 aromatic carbocycles. The van der Waals surface area contributed by atoms with E-state index in [4.69, 9.17) is 5.84 Å². The normalized spacial score (nSPS) is 10.1. The summed E-state index contributed by atoms with van der Waals surface area (Å²) in [6.07, 6.45) is 3.50. The minimum atomic E-state index is 0.572. The van der Waals surface area contributed by atoms with Gasteiger partial charge in [-0.15, -0.1) is 0 Å². The van der Waals surface area contributed by atoms with Gasteiger partial charge in [-0.3, -0.25) is 0 Å². The molecule has 72 valence electrons. The first-order chi connectivity index (χ1) is 6.79. The monoisotopic (exact) mass is 190 g/mol. The van der Waals surface area contributed by atoms with Crippen LogP contribution in [0.1, 0.15) is 5.82 Å². The second-order valence-electron chi connectivity index (χ2n) is 2.75. The summed E-state index contributed by atoms with van der Waals surface area (Å²) < 4.78 is 1.65.